The highest BCUT2D eigenvalue weighted by molar-refractivity contribution is 5.39. The van der Waals surface area contributed by atoms with E-state index >= 15 is 0 Å². The lowest BCUT2D eigenvalue weighted by Crippen LogP contribution is -2.00. The molecule has 3 nitrogen and oxygen atoms in total. The van der Waals surface area contributed by atoms with E-state index in [4.69, 9.17) is 22.3 Å². The zero-order chi connectivity index (χ0) is 10.4. The summed E-state index contributed by atoms with van der Waals surface area (Å²) in [6.45, 7) is 0.151. The minimum Gasteiger partial charge on any atom is -0.467 e. The Bertz CT molecular complexity index is 366. The summed E-state index contributed by atoms with van der Waals surface area (Å²) in [7, 11) is 1.53. The molecule has 0 N–H and O–H groups in total. The molecule has 1 heterocycles. The van der Waals surface area contributed by atoms with E-state index in [2.05, 4.69) is 16.8 Å². The molecule has 0 aromatic carbocycles. The number of aromatic nitrogens is 1. The molecular weight excluding hydrogens is 178 g/mol. The topological polar surface area (TPSA) is 31.4 Å². The zero-order valence-corrected chi connectivity index (χ0v) is 7.78. The second-order valence-electron chi connectivity index (χ2n) is 2.41. The Labute approximate surface area is 83.1 Å². The average Bonchev–Trinajstić information content (AvgIpc) is 2.25. The highest BCUT2D eigenvalue weighted by Crippen LogP contribution is 2.13. The molecule has 0 saturated heterocycles. The molecule has 0 amide bonds. The Balaban J connectivity index is 2.95. The van der Waals surface area contributed by atoms with Gasteiger partial charge < -0.3 is 9.47 Å². The van der Waals surface area contributed by atoms with Crippen LogP contribution >= 0.6 is 0 Å². The van der Waals surface area contributed by atoms with Crippen LogP contribution in [0.2, 0.25) is 0 Å². The Kier molecular flexibility index (Phi) is 3.55. The molecule has 0 saturated carbocycles. The van der Waals surface area contributed by atoms with Crippen LogP contribution in [0, 0.1) is 24.7 Å². The number of methoxy groups -OCH3 is 1. The van der Waals surface area contributed by atoms with Gasteiger partial charge >= 0.3 is 0 Å². The van der Waals surface area contributed by atoms with E-state index in [9.17, 15) is 0 Å². The molecule has 0 spiro atoms. The van der Waals surface area contributed by atoms with Gasteiger partial charge in [-0.1, -0.05) is 11.8 Å². The fraction of sp³-hybridized carbons (Fsp3) is 0.182. The molecule has 0 aliphatic rings. The van der Waals surface area contributed by atoms with Gasteiger partial charge in [0.25, 0.3) is 0 Å². The first-order chi connectivity index (χ1) is 6.80. The van der Waals surface area contributed by atoms with Gasteiger partial charge in [0.2, 0.25) is 0 Å². The third kappa shape index (κ3) is 2.52. The lowest BCUT2D eigenvalue weighted by molar-refractivity contribution is 0.0510. The van der Waals surface area contributed by atoms with Crippen LogP contribution in [-0.2, 0) is 4.74 Å². The summed E-state index contributed by atoms with van der Waals surface area (Å²) in [5.74, 6) is 5.34. The van der Waals surface area contributed by atoms with E-state index in [0.29, 0.717) is 17.1 Å². The average molecular weight is 187 g/mol. The van der Waals surface area contributed by atoms with Crippen molar-refractivity contribution in [1.82, 2.24) is 4.98 Å². The molecule has 1 aromatic heterocycles. The molecule has 1 rings (SSSR count). The quantitative estimate of drug-likeness (QED) is 0.523. The fourth-order valence-corrected chi connectivity index (χ4v) is 0.864. The first-order valence-electron chi connectivity index (χ1n) is 3.87. The third-order valence-corrected chi connectivity index (χ3v) is 1.44. The number of hydrogen-bond donors (Lipinski definition) is 0. The third-order valence-electron chi connectivity index (χ3n) is 1.44. The van der Waals surface area contributed by atoms with Gasteiger partial charge in [-0.05, 0) is 0 Å². The first kappa shape index (κ1) is 10.1. The van der Waals surface area contributed by atoms with Crippen LogP contribution in [0.15, 0.2) is 12.1 Å². The zero-order valence-electron chi connectivity index (χ0n) is 7.78. The summed E-state index contributed by atoms with van der Waals surface area (Å²) in [6.07, 6.45) is 10.4. The number of hydrogen-bond acceptors (Lipinski definition) is 3. The van der Waals surface area contributed by atoms with Crippen LogP contribution in [0.4, 0.5) is 0 Å². The van der Waals surface area contributed by atoms with Crippen molar-refractivity contribution < 1.29 is 9.47 Å². The Hall–Kier alpha value is -1.97. The van der Waals surface area contributed by atoms with Gasteiger partial charge in [0, 0.05) is 19.2 Å². The van der Waals surface area contributed by atoms with E-state index in [1.807, 2.05) is 0 Å². The van der Waals surface area contributed by atoms with Crippen molar-refractivity contribution in [2.75, 3.05) is 13.9 Å². The number of rotatable bonds is 3. The van der Waals surface area contributed by atoms with E-state index < -0.39 is 0 Å². The summed E-state index contributed by atoms with van der Waals surface area (Å²) in [4.78, 5) is 3.99. The smallest absolute Gasteiger partial charge is 0.188 e. The lowest BCUT2D eigenvalue weighted by atomic mass is 10.3. The van der Waals surface area contributed by atoms with E-state index in [1.165, 1.54) is 7.11 Å². The number of terminal acetylenes is 2. The minimum absolute atomic E-state index is 0.151. The van der Waals surface area contributed by atoms with Crippen LogP contribution < -0.4 is 4.74 Å². The van der Waals surface area contributed by atoms with Crippen LogP contribution in [0.1, 0.15) is 11.4 Å². The van der Waals surface area contributed by atoms with E-state index in [0.717, 1.165) is 0 Å². The second-order valence-corrected chi connectivity index (χ2v) is 2.41. The van der Waals surface area contributed by atoms with Crippen LogP contribution in [0.25, 0.3) is 0 Å². The second kappa shape index (κ2) is 4.91. The molecule has 0 aliphatic carbocycles. The summed E-state index contributed by atoms with van der Waals surface area (Å²) in [5.41, 5.74) is 0.901. The van der Waals surface area contributed by atoms with Crippen molar-refractivity contribution in [3.8, 4) is 30.4 Å². The highest BCUT2D eigenvalue weighted by atomic mass is 16.7. The van der Waals surface area contributed by atoms with Crippen LogP contribution in [0.3, 0.4) is 0 Å². The van der Waals surface area contributed by atoms with Crippen molar-refractivity contribution in [3.63, 3.8) is 0 Å². The maximum absolute atomic E-state index is 5.20. The molecular formula is C11H9NO2. The normalized spacial score (nSPS) is 8.79. The Morgan fingerprint density at radius 1 is 1.29 bits per heavy atom. The molecule has 0 unspecified atom stereocenters. The van der Waals surface area contributed by atoms with E-state index in [1.54, 1.807) is 12.1 Å². The molecule has 0 radical (unpaired) electrons. The molecule has 3 heteroatoms. The van der Waals surface area contributed by atoms with Gasteiger partial charge in [-0.3, -0.25) is 0 Å². The van der Waals surface area contributed by atoms with Gasteiger partial charge in [-0.2, -0.15) is 0 Å². The molecule has 0 bridgehead atoms. The molecule has 14 heavy (non-hydrogen) atoms. The van der Waals surface area contributed by atoms with Crippen molar-refractivity contribution in [2.45, 2.75) is 0 Å². The predicted octanol–water partition coefficient (Wildman–Crippen LogP) is 1.03. The summed E-state index contributed by atoms with van der Waals surface area (Å²) in [5, 5.41) is 0. The number of ether oxygens (including phenoxy) is 2. The molecule has 0 atom stereocenters. The van der Waals surface area contributed by atoms with Crippen molar-refractivity contribution in [2.24, 2.45) is 0 Å². The van der Waals surface area contributed by atoms with Crippen LogP contribution in [-0.4, -0.2) is 18.9 Å². The number of nitrogens with zero attached hydrogens (tertiary/aromatic N) is 1. The van der Waals surface area contributed by atoms with E-state index in [-0.39, 0.29) is 6.79 Å². The SMILES string of the molecule is C#Cc1cc(OCOC)cc(C#C)n1. The van der Waals surface area contributed by atoms with Crippen molar-refractivity contribution >= 4 is 0 Å². The minimum atomic E-state index is 0.151. The summed E-state index contributed by atoms with van der Waals surface area (Å²) < 4.78 is 9.93. The molecule has 70 valence electrons. The van der Waals surface area contributed by atoms with Crippen molar-refractivity contribution in [3.05, 3.63) is 23.5 Å². The highest BCUT2D eigenvalue weighted by Gasteiger charge is 1.99. The van der Waals surface area contributed by atoms with Gasteiger partial charge in [0.15, 0.2) is 6.79 Å². The number of pyridine rings is 1. The molecule has 0 fully saturated rings. The van der Waals surface area contributed by atoms with Gasteiger partial charge in [-0.15, -0.1) is 12.8 Å². The van der Waals surface area contributed by atoms with Gasteiger partial charge in [0.1, 0.15) is 17.1 Å². The molecule has 1 aromatic rings. The maximum Gasteiger partial charge on any atom is 0.188 e. The lowest BCUT2D eigenvalue weighted by Gasteiger charge is -2.04. The largest absolute Gasteiger partial charge is 0.467 e. The first-order valence-corrected chi connectivity index (χ1v) is 3.87. The van der Waals surface area contributed by atoms with Gasteiger partial charge in [-0.25, -0.2) is 4.98 Å². The fourth-order valence-electron chi connectivity index (χ4n) is 0.864. The Morgan fingerprint density at radius 3 is 2.29 bits per heavy atom. The molecule has 0 aliphatic heterocycles. The van der Waals surface area contributed by atoms with Gasteiger partial charge in [0.05, 0.1) is 0 Å². The summed E-state index contributed by atoms with van der Waals surface area (Å²) >= 11 is 0. The summed E-state index contributed by atoms with van der Waals surface area (Å²) in [6, 6.07) is 3.25. The monoisotopic (exact) mass is 187 g/mol. The van der Waals surface area contributed by atoms with Crippen LogP contribution in [0.5, 0.6) is 5.75 Å². The maximum atomic E-state index is 5.20. The Morgan fingerprint density at radius 2 is 1.86 bits per heavy atom. The predicted molar refractivity (Wildman–Crippen MR) is 52.6 cm³/mol. The standard InChI is InChI=1S/C11H9NO2/c1-4-9-6-11(14-8-13-3)7-10(5-2)12-9/h1-2,6-7H,8H2,3H3. The van der Waals surface area contributed by atoms with Crippen molar-refractivity contribution in [1.29, 1.82) is 0 Å².